The van der Waals surface area contributed by atoms with Crippen molar-refractivity contribution in [1.82, 2.24) is 15.3 Å². The van der Waals surface area contributed by atoms with Crippen molar-refractivity contribution < 1.29 is 14.3 Å². The summed E-state index contributed by atoms with van der Waals surface area (Å²) in [4.78, 5) is 20.6. The van der Waals surface area contributed by atoms with Gasteiger partial charge in [0, 0.05) is 23.7 Å². The number of nitrogens with one attached hydrogen (secondary N) is 1. The lowest BCUT2D eigenvalue weighted by atomic mass is 10.1. The predicted molar refractivity (Wildman–Crippen MR) is 103 cm³/mol. The monoisotopic (exact) mass is 363 g/mol. The van der Waals surface area contributed by atoms with E-state index >= 15 is 0 Å². The lowest BCUT2D eigenvalue weighted by Gasteiger charge is -2.08. The Morgan fingerprint density at radius 3 is 2.56 bits per heavy atom. The van der Waals surface area contributed by atoms with Gasteiger partial charge in [0.25, 0.3) is 5.91 Å². The first-order valence-electron chi connectivity index (χ1n) is 8.72. The highest BCUT2D eigenvalue weighted by atomic mass is 16.5. The standard InChI is InChI=1S/C21H21N3O3/c1-3-11-22-21(25)16-6-4-5-15(12-16)19-13-20(24-14-23-19)27-18-9-7-17(26-2)8-10-18/h4-10,12-14H,3,11H2,1-2H3,(H,22,25). The van der Waals surface area contributed by atoms with Crippen LogP contribution in [0.3, 0.4) is 0 Å². The van der Waals surface area contributed by atoms with E-state index in [4.69, 9.17) is 9.47 Å². The highest BCUT2D eigenvalue weighted by molar-refractivity contribution is 5.95. The summed E-state index contributed by atoms with van der Waals surface area (Å²) >= 11 is 0. The van der Waals surface area contributed by atoms with Crippen LogP contribution >= 0.6 is 0 Å². The van der Waals surface area contributed by atoms with Crippen LogP contribution in [-0.2, 0) is 0 Å². The molecule has 1 N–H and O–H groups in total. The molecule has 0 aliphatic carbocycles. The summed E-state index contributed by atoms with van der Waals surface area (Å²) < 4.78 is 10.9. The Labute approximate surface area is 158 Å². The van der Waals surface area contributed by atoms with Gasteiger partial charge in [0.05, 0.1) is 12.8 Å². The number of hydrogen-bond donors (Lipinski definition) is 1. The Hall–Kier alpha value is -3.41. The van der Waals surface area contributed by atoms with Crippen LogP contribution in [0.2, 0.25) is 0 Å². The van der Waals surface area contributed by atoms with E-state index < -0.39 is 0 Å². The predicted octanol–water partition coefficient (Wildman–Crippen LogP) is 4.08. The molecule has 6 nitrogen and oxygen atoms in total. The molecular weight excluding hydrogens is 342 g/mol. The number of nitrogens with zero attached hydrogens (tertiary/aromatic N) is 2. The average Bonchev–Trinajstić information content (AvgIpc) is 2.73. The molecule has 0 bridgehead atoms. The van der Waals surface area contributed by atoms with Crippen LogP contribution < -0.4 is 14.8 Å². The van der Waals surface area contributed by atoms with Gasteiger partial charge in [-0.3, -0.25) is 4.79 Å². The molecule has 1 heterocycles. The van der Waals surface area contributed by atoms with Crippen molar-refractivity contribution in [3.8, 4) is 28.6 Å². The fraction of sp³-hybridized carbons (Fsp3) is 0.190. The zero-order valence-electron chi connectivity index (χ0n) is 15.3. The summed E-state index contributed by atoms with van der Waals surface area (Å²) in [6, 6.07) is 16.3. The van der Waals surface area contributed by atoms with Gasteiger partial charge in [-0.05, 0) is 42.8 Å². The highest BCUT2D eigenvalue weighted by Crippen LogP contribution is 2.25. The second kappa shape index (κ2) is 8.80. The molecule has 138 valence electrons. The number of rotatable bonds is 7. The van der Waals surface area contributed by atoms with Crippen LogP contribution in [0, 0.1) is 0 Å². The Morgan fingerprint density at radius 2 is 1.81 bits per heavy atom. The number of methoxy groups -OCH3 is 1. The fourth-order valence-electron chi connectivity index (χ4n) is 2.48. The topological polar surface area (TPSA) is 73.3 Å². The first kappa shape index (κ1) is 18.4. The van der Waals surface area contributed by atoms with E-state index in [9.17, 15) is 4.79 Å². The summed E-state index contributed by atoms with van der Waals surface area (Å²) in [5, 5.41) is 2.87. The summed E-state index contributed by atoms with van der Waals surface area (Å²) in [5.41, 5.74) is 2.09. The smallest absolute Gasteiger partial charge is 0.251 e. The van der Waals surface area contributed by atoms with E-state index in [0.717, 1.165) is 17.7 Å². The van der Waals surface area contributed by atoms with Crippen molar-refractivity contribution in [3.63, 3.8) is 0 Å². The molecular formula is C21H21N3O3. The van der Waals surface area contributed by atoms with E-state index in [0.29, 0.717) is 29.4 Å². The lowest BCUT2D eigenvalue weighted by Crippen LogP contribution is -2.23. The van der Waals surface area contributed by atoms with Gasteiger partial charge in [-0.25, -0.2) is 9.97 Å². The third kappa shape index (κ3) is 4.82. The van der Waals surface area contributed by atoms with Gasteiger partial charge in [-0.2, -0.15) is 0 Å². The molecule has 27 heavy (non-hydrogen) atoms. The normalized spacial score (nSPS) is 10.3. The number of amides is 1. The van der Waals surface area contributed by atoms with Crippen molar-refractivity contribution in [1.29, 1.82) is 0 Å². The van der Waals surface area contributed by atoms with Gasteiger partial charge in [0.15, 0.2) is 0 Å². The fourth-order valence-corrected chi connectivity index (χ4v) is 2.48. The van der Waals surface area contributed by atoms with Crippen molar-refractivity contribution >= 4 is 5.91 Å². The molecule has 0 saturated carbocycles. The van der Waals surface area contributed by atoms with Crippen LogP contribution in [0.5, 0.6) is 17.4 Å². The van der Waals surface area contributed by atoms with Crippen LogP contribution in [0.15, 0.2) is 60.9 Å². The largest absolute Gasteiger partial charge is 0.497 e. The maximum Gasteiger partial charge on any atom is 0.251 e. The minimum atomic E-state index is -0.0949. The summed E-state index contributed by atoms with van der Waals surface area (Å²) in [5.74, 6) is 1.73. The molecule has 0 atom stereocenters. The van der Waals surface area contributed by atoms with E-state index in [1.807, 2.05) is 37.3 Å². The molecule has 1 amide bonds. The molecule has 3 aromatic rings. The van der Waals surface area contributed by atoms with Crippen LogP contribution in [0.1, 0.15) is 23.7 Å². The van der Waals surface area contributed by atoms with Crippen molar-refractivity contribution in [2.24, 2.45) is 0 Å². The van der Waals surface area contributed by atoms with Gasteiger partial charge in [-0.15, -0.1) is 0 Å². The quantitative estimate of drug-likeness (QED) is 0.684. The number of hydrogen-bond acceptors (Lipinski definition) is 5. The second-order valence-electron chi connectivity index (χ2n) is 5.86. The van der Waals surface area contributed by atoms with E-state index in [-0.39, 0.29) is 5.91 Å². The molecule has 0 saturated heterocycles. The molecule has 6 heteroatoms. The number of carbonyl (C=O) groups is 1. The first-order valence-corrected chi connectivity index (χ1v) is 8.72. The van der Waals surface area contributed by atoms with Crippen LogP contribution in [0.4, 0.5) is 0 Å². The van der Waals surface area contributed by atoms with Crippen molar-refractivity contribution in [2.75, 3.05) is 13.7 Å². The minimum absolute atomic E-state index is 0.0949. The molecule has 0 unspecified atom stereocenters. The minimum Gasteiger partial charge on any atom is -0.497 e. The summed E-state index contributed by atoms with van der Waals surface area (Å²) in [6.07, 6.45) is 2.33. The van der Waals surface area contributed by atoms with Gasteiger partial charge >= 0.3 is 0 Å². The molecule has 0 spiro atoms. The number of ether oxygens (including phenoxy) is 2. The molecule has 1 aromatic heterocycles. The molecule has 3 rings (SSSR count). The number of benzene rings is 2. The van der Waals surface area contributed by atoms with Gasteiger partial charge < -0.3 is 14.8 Å². The van der Waals surface area contributed by atoms with Crippen molar-refractivity contribution in [3.05, 3.63) is 66.5 Å². The number of aromatic nitrogens is 2. The third-order valence-electron chi connectivity index (χ3n) is 3.88. The molecule has 2 aromatic carbocycles. The highest BCUT2D eigenvalue weighted by Gasteiger charge is 2.09. The summed E-state index contributed by atoms with van der Waals surface area (Å²) in [7, 11) is 1.61. The Bertz CT molecular complexity index is 911. The van der Waals surface area contributed by atoms with E-state index in [1.54, 1.807) is 31.4 Å². The van der Waals surface area contributed by atoms with Gasteiger partial charge in [0.2, 0.25) is 5.88 Å². The molecule has 0 aliphatic rings. The molecule has 0 radical (unpaired) electrons. The SMILES string of the molecule is CCCNC(=O)c1cccc(-c2cc(Oc3ccc(OC)cc3)ncn2)c1. The molecule has 0 aliphatic heterocycles. The van der Waals surface area contributed by atoms with Crippen LogP contribution in [0.25, 0.3) is 11.3 Å². The zero-order chi connectivity index (χ0) is 19.1. The van der Waals surface area contributed by atoms with Gasteiger partial charge in [-0.1, -0.05) is 19.1 Å². The average molecular weight is 363 g/mol. The maximum absolute atomic E-state index is 12.2. The maximum atomic E-state index is 12.2. The zero-order valence-corrected chi connectivity index (χ0v) is 15.3. The second-order valence-corrected chi connectivity index (χ2v) is 5.86. The van der Waals surface area contributed by atoms with E-state index in [2.05, 4.69) is 15.3 Å². The van der Waals surface area contributed by atoms with E-state index in [1.165, 1.54) is 6.33 Å². The Balaban J connectivity index is 1.79. The third-order valence-corrected chi connectivity index (χ3v) is 3.88. The molecule has 0 fully saturated rings. The van der Waals surface area contributed by atoms with Crippen LogP contribution in [-0.4, -0.2) is 29.5 Å². The summed E-state index contributed by atoms with van der Waals surface area (Å²) in [6.45, 7) is 2.67. The van der Waals surface area contributed by atoms with Gasteiger partial charge in [0.1, 0.15) is 17.8 Å². The Kier molecular flexibility index (Phi) is 5.99. The number of carbonyl (C=O) groups excluding carboxylic acids is 1. The lowest BCUT2D eigenvalue weighted by molar-refractivity contribution is 0.0953. The Morgan fingerprint density at radius 1 is 1.04 bits per heavy atom. The van der Waals surface area contributed by atoms with Crippen molar-refractivity contribution in [2.45, 2.75) is 13.3 Å². The first-order chi connectivity index (χ1) is 13.2.